The number of nitrogens with one attached hydrogen (secondary N) is 1. The number of benzene rings is 3. The summed E-state index contributed by atoms with van der Waals surface area (Å²) in [6.45, 7) is 0.687. The van der Waals surface area contributed by atoms with E-state index in [-0.39, 0.29) is 25.0 Å². The molecule has 140 valence electrons. The van der Waals surface area contributed by atoms with Crippen molar-refractivity contribution in [2.75, 3.05) is 19.8 Å². The molecule has 0 aliphatic heterocycles. The molecule has 0 aliphatic carbocycles. The summed E-state index contributed by atoms with van der Waals surface area (Å²) in [6, 6.07) is 23.9. The molecule has 0 fully saturated rings. The van der Waals surface area contributed by atoms with Crippen molar-refractivity contribution >= 4 is 16.7 Å². The molecule has 0 saturated carbocycles. The van der Waals surface area contributed by atoms with Crippen molar-refractivity contribution in [3.05, 3.63) is 78.4 Å². The summed E-state index contributed by atoms with van der Waals surface area (Å²) < 4.78 is 5.61. The van der Waals surface area contributed by atoms with Gasteiger partial charge in [-0.15, -0.1) is 0 Å². The zero-order valence-electron chi connectivity index (χ0n) is 15.3. The van der Waals surface area contributed by atoms with Crippen LogP contribution < -0.4 is 10.1 Å². The maximum absolute atomic E-state index is 12.1. The van der Waals surface area contributed by atoms with Gasteiger partial charge in [-0.25, -0.2) is 0 Å². The lowest BCUT2D eigenvalue weighted by molar-refractivity contribution is -0.123. The number of amides is 1. The van der Waals surface area contributed by atoms with Crippen LogP contribution in [0.1, 0.15) is 24.3 Å². The van der Waals surface area contributed by atoms with E-state index in [1.807, 2.05) is 60.7 Å². The molecule has 0 aromatic heterocycles. The van der Waals surface area contributed by atoms with E-state index in [9.17, 15) is 9.90 Å². The van der Waals surface area contributed by atoms with Gasteiger partial charge in [-0.3, -0.25) is 4.79 Å². The van der Waals surface area contributed by atoms with Gasteiger partial charge in [-0.1, -0.05) is 60.7 Å². The van der Waals surface area contributed by atoms with Gasteiger partial charge in [0.05, 0.1) is 0 Å². The van der Waals surface area contributed by atoms with Crippen LogP contribution in [0.15, 0.2) is 72.8 Å². The molecule has 0 heterocycles. The van der Waals surface area contributed by atoms with E-state index in [0.717, 1.165) is 17.2 Å². The van der Waals surface area contributed by atoms with Crippen LogP contribution in [0.5, 0.6) is 5.75 Å². The summed E-state index contributed by atoms with van der Waals surface area (Å²) in [4.78, 5) is 12.1. The quantitative estimate of drug-likeness (QED) is 0.606. The van der Waals surface area contributed by atoms with Gasteiger partial charge in [0.25, 0.3) is 5.91 Å². The van der Waals surface area contributed by atoms with Gasteiger partial charge in [0, 0.05) is 13.2 Å². The van der Waals surface area contributed by atoms with Crippen LogP contribution in [-0.4, -0.2) is 30.8 Å². The van der Waals surface area contributed by atoms with Gasteiger partial charge in [0.2, 0.25) is 0 Å². The number of aliphatic hydroxyl groups excluding tert-OH is 1. The van der Waals surface area contributed by atoms with Crippen molar-refractivity contribution < 1.29 is 14.6 Å². The van der Waals surface area contributed by atoms with Gasteiger partial charge in [0.1, 0.15) is 5.75 Å². The van der Waals surface area contributed by atoms with E-state index in [2.05, 4.69) is 17.4 Å². The first-order chi connectivity index (χ1) is 13.3. The molecular formula is C23H25NO3. The normalized spacial score (nSPS) is 11.9. The molecular weight excluding hydrogens is 338 g/mol. The van der Waals surface area contributed by atoms with Crippen molar-refractivity contribution in [3.63, 3.8) is 0 Å². The molecule has 1 atom stereocenters. The van der Waals surface area contributed by atoms with E-state index >= 15 is 0 Å². The van der Waals surface area contributed by atoms with Gasteiger partial charge in [-0.2, -0.15) is 0 Å². The molecule has 2 N–H and O–H groups in total. The van der Waals surface area contributed by atoms with Crippen molar-refractivity contribution in [1.82, 2.24) is 5.32 Å². The first kappa shape index (κ1) is 18.9. The first-order valence-electron chi connectivity index (χ1n) is 9.30. The van der Waals surface area contributed by atoms with Crippen molar-refractivity contribution in [2.24, 2.45) is 0 Å². The van der Waals surface area contributed by atoms with Crippen LogP contribution in [0, 0.1) is 0 Å². The Morgan fingerprint density at radius 1 is 0.926 bits per heavy atom. The van der Waals surface area contributed by atoms with Gasteiger partial charge in [-0.05, 0) is 47.2 Å². The Morgan fingerprint density at radius 3 is 2.44 bits per heavy atom. The maximum Gasteiger partial charge on any atom is 0.257 e. The van der Waals surface area contributed by atoms with Crippen LogP contribution in [-0.2, 0) is 4.79 Å². The van der Waals surface area contributed by atoms with E-state index in [1.54, 1.807) is 0 Å². The van der Waals surface area contributed by atoms with E-state index in [4.69, 9.17) is 4.74 Å². The summed E-state index contributed by atoms with van der Waals surface area (Å²) in [5.74, 6) is 0.781. The van der Waals surface area contributed by atoms with E-state index < -0.39 is 0 Å². The minimum atomic E-state index is -0.140. The minimum Gasteiger partial charge on any atom is -0.484 e. The fraction of sp³-hybridized carbons (Fsp3) is 0.261. The van der Waals surface area contributed by atoms with Gasteiger partial charge < -0.3 is 15.2 Å². The lowest BCUT2D eigenvalue weighted by Crippen LogP contribution is -2.30. The third kappa shape index (κ3) is 5.56. The van der Waals surface area contributed by atoms with Gasteiger partial charge >= 0.3 is 0 Å². The van der Waals surface area contributed by atoms with Crippen molar-refractivity contribution in [3.8, 4) is 5.75 Å². The Kier molecular flexibility index (Phi) is 6.83. The zero-order valence-corrected chi connectivity index (χ0v) is 15.3. The van der Waals surface area contributed by atoms with Crippen LogP contribution in [0.2, 0.25) is 0 Å². The van der Waals surface area contributed by atoms with Crippen LogP contribution in [0.4, 0.5) is 0 Å². The molecule has 0 aliphatic rings. The van der Waals surface area contributed by atoms with Crippen LogP contribution >= 0.6 is 0 Å². The topological polar surface area (TPSA) is 58.6 Å². The second kappa shape index (κ2) is 9.74. The van der Waals surface area contributed by atoms with Crippen LogP contribution in [0.3, 0.4) is 0 Å². The highest BCUT2D eigenvalue weighted by Gasteiger charge is 2.11. The highest BCUT2D eigenvalue weighted by molar-refractivity contribution is 5.84. The monoisotopic (exact) mass is 363 g/mol. The molecule has 0 bridgehead atoms. The summed E-state index contributed by atoms with van der Waals surface area (Å²) in [7, 11) is 0. The standard InChI is InChI=1S/C23H25NO3/c25-15-13-20(18-6-2-1-3-7-18)12-14-24-23(26)17-27-22-11-10-19-8-4-5-9-21(19)16-22/h1-11,16,20,25H,12-15,17H2,(H,24,26). The molecule has 3 rings (SSSR count). The average molecular weight is 363 g/mol. The van der Waals surface area contributed by atoms with E-state index in [0.29, 0.717) is 18.7 Å². The van der Waals surface area contributed by atoms with E-state index in [1.165, 1.54) is 5.56 Å². The Labute approximate surface area is 159 Å². The maximum atomic E-state index is 12.1. The second-order valence-corrected chi connectivity index (χ2v) is 6.56. The number of rotatable bonds is 9. The molecule has 0 spiro atoms. The lowest BCUT2D eigenvalue weighted by atomic mass is 9.93. The average Bonchev–Trinajstić information content (AvgIpc) is 2.72. The highest BCUT2D eigenvalue weighted by atomic mass is 16.5. The molecule has 4 nitrogen and oxygen atoms in total. The number of aliphatic hydroxyl groups is 1. The Hall–Kier alpha value is -2.85. The minimum absolute atomic E-state index is 0.00561. The molecule has 1 amide bonds. The fourth-order valence-electron chi connectivity index (χ4n) is 3.20. The number of carbonyl (C=O) groups excluding carboxylic acids is 1. The highest BCUT2D eigenvalue weighted by Crippen LogP contribution is 2.22. The van der Waals surface area contributed by atoms with Crippen molar-refractivity contribution in [1.29, 1.82) is 0 Å². The molecule has 0 radical (unpaired) electrons. The SMILES string of the molecule is O=C(COc1ccc2ccccc2c1)NCCC(CCO)c1ccccc1. The van der Waals surface area contributed by atoms with Gasteiger partial charge in [0.15, 0.2) is 6.61 Å². The Bertz CT molecular complexity index is 864. The number of carbonyl (C=O) groups is 1. The van der Waals surface area contributed by atoms with Crippen molar-refractivity contribution in [2.45, 2.75) is 18.8 Å². The third-order valence-corrected chi connectivity index (χ3v) is 4.65. The molecule has 3 aromatic carbocycles. The Morgan fingerprint density at radius 2 is 1.67 bits per heavy atom. The number of ether oxygens (including phenoxy) is 1. The third-order valence-electron chi connectivity index (χ3n) is 4.65. The van der Waals surface area contributed by atoms with Crippen LogP contribution in [0.25, 0.3) is 10.8 Å². The Balaban J connectivity index is 1.45. The first-order valence-corrected chi connectivity index (χ1v) is 9.30. The summed E-state index contributed by atoms with van der Waals surface area (Å²) in [5.41, 5.74) is 1.19. The molecule has 1 unspecified atom stereocenters. The predicted molar refractivity (Wildman–Crippen MR) is 108 cm³/mol. The summed E-state index contributed by atoms with van der Waals surface area (Å²) >= 11 is 0. The molecule has 3 aromatic rings. The molecule has 4 heteroatoms. The smallest absolute Gasteiger partial charge is 0.257 e. The largest absolute Gasteiger partial charge is 0.484 e. The second-order valence-electron chi connectivity index (χ2n) is 6.56. The number of fused-ring (bicyclic) bond motifs is 1. The fourth-order valence-corrected chi connectivity index (χ4v) is 3.20. The summed E-state index contributed by atoms with van der Waals surface area (Å²) in [5, 5.41) is 14.4. The molecule has 27 heavy (non-hydrogen) atoms. The number of hydrogen-bond donors (Lipinski definition) is 2. The predicted octanol–water partition coefficient (Wildman–Crippen LogP) is 3.89. The lowest BCUT2D eigenvalue weighted by Gasteiger charge is -2.16. The molecule has 0 saturated heterocycles. The zero-order chi connectivity index (χ0) is 18.9. The summed E-state index contributed by atoms with van der Waals surface area (Å²) in [6.07, 6.45) is 1.47. The number of hydrogen-bond acceptors (Lipinski definition) is 3.